The van der Waals surface area contributed by atoms with Gasteiger partial charge in [-0.05, 0) is 47.5 Å². The van der Waals surface area contributed by atoms with Gasteiger partial charge in [0, 0.05) is 18.1 Å². The minimum atomic E-state index is -0.670. The fourth-order valence-corrected chi connectivity index (χ4v) is 2.06. The highest BCUT2D eigenvalue weighted by Gasteiger charge is 2.30. The van der Waals surface area contributed by atoms with Gasteiger partial charge in [-0.2, -0.15) is 0 Å². The standard InChI is InChI=1S/C12H26N2O/c1-9-7-6-8-10(2)14(9)13-11(3)12(4,5)15/h9-11,13,15H,6-8H2,1-5H3. The Hall–Kier alpha value is -0.120. The van der Waals surface area contributed by atoms with Crippen LogP contribution in [-0.2, 0) is 0 Å². The molecule has 3 nitrogen and oxygen atoms in total. The van der Waals surface area contributed by atoms with E-state index in [-0.39, 0.29) is 6.04 Å². The summed E-state index contributed by atoms with van der Waals surface area (Å²) >= 11 is 0. The van der Waals surface area contributed by atoms with Crippen LogP contribution >= 0.6 is 0 Å². The zero-order chi connectivity index (χ0) is 11.6. The summed E-state index contributed by atoms with van der Waals surface area (Å²) in [7, 11) is 0. The Morgan fingerprint density at radius 2 is 1.73 bits per heavy atom. The van der Waals surface area contributed by atoms with Crippen molar-refractivity contribution in [2.45, 2.75) is 77.6 Å². The maximum atomic E-state index is 9.90. The number of aliphatic hydroxyl groups is 1. The first-order valence-electron chi connectivity index (χ1n) is 6.09. The van der Waals surface area contributed by atoms with Gasteiger partial charge in [-0.25, -0.2) is 10.4 Å². The van der Waals surface area contributed by atoms with Crippen LogP contribution in [0.1, 0.15) is 53.9 Å². The highest BCUT2D eigenvalue weighted by atomic mass is 16.3. The second kappa shape index (κ2) is 4.81. The van der Waals surface area contributed by atoms with Crippen LogP contribution in [0.4, 0.5) is 0 Å². The van der Waals surface area contributed by atoms with Crippen LogP contribution in [0, 0.1) is 0 Å². The van der Waals surface area contributed by atoms with Gasteiger partial charge < -0.3 is 5.11 Å². The van der Waals surface area contributed by atoms with E-state index in [1.54, 1.807) is 0 Å². The fraction of sp³-hybridized carbons (Fsp3) is 1.00. The first-order chi connectivity index (χ1) is 6.82. The number of hydrogen-bond donors (Lipinski definition) is 2. The van der Waals surface area contributed by atoms with Gasteiger partial charge in [-0.3, -0.25) is 0 Å². The Balaban J connectivity index is 2.55. The maximum Gasteiger partial charge on any atom is 0.0754 e. The van der Waals surface area contributed by atoms with Gasteiger partial charge in [-0.15, -0.1) is 0 Å². The monoisotopic (exact) mass is 214 g/mol. The molecule has 1 aliphatic heterocycles. The highest BCUT2D eigenvalue weighted by Crippen LogP contribution is 2.21. The molecule has 0 radical (unpaired) electrons. The summed E-state index contributed by atoms with van der Waals surface area (Å²) in [6.45, 7) is 10.2. The molecule has 2 N–H and O–H groups in total. The molecule has 3 unspecified atom stereocenters. The molecule has 3 heteroatoms. The molecule has 0 saturated carbocycles. The van der Waals surface area contributed by atoms with Crippen LogP contribution < -0.4 is 5.43 Å². The zero-order valence-electron chi connectivity index (χ0n) is 10.7. The Morgan fingerprint density at radius 1 is 1.27 bits per heavy atom. The minimum absolute atomic E-state index is 0.0838. The van der Waals surface area contributed by atoms with Crippen LogP contribution in [0.15, 0.2) is 0 Å². The topological polar surface area (TPSA) is 35.5 Å². The molecule has 0 amide bonds. The third-order valence-electron chi connectivity index (χ3n) is 3.60. The lowest BCUT2D eigenvalue weighted by Crippen LogP contribution is -2.59. The highest BCUT2D eigenvalue weighted by molar-refractivity contribution is 4.83. The Kier molecular flexibility index (Phi) is 4.15. The molecule has 0 aromatic rings. The van der Waals surface area contributed by atoms with Crippen molar-refractivity contribution in [2.24, 2.45) is 0 Å². The molecular weight excluding hydrogens is 188 g/mol. The number of hydrogen-bond acceptors (Lipinski definition) is 3. The quantitative estimate of drug-likeness (QED) is 0.753. The van der Waals surface area contributed by atoms with Crippen molar-refractivity contribution in [1.29, 1.82) is 0 Å². The number of hydrazine groups is 1. The molecule has 1 saturated heterocycles. The van der Waals surface area contributed by atoms with Gasteiger partial charge in [0.25, 0.3) is 0 Å². The van der Waals surface area contributed by atoms with Crippen LogP contribution in [0.5, 0.6) is 0 Å². The number of nitrogens with zero attached hydrogens (tertiary/aromatic N) is 1. The molecule has 0 aromatic heterocycles. The molecule has 1 rings (SSSR count). The van der Waals surface area contributed by atoms with E-state index in [1.807, 2.05) is 20.8 Å². The van der Waals surface area contributed by atoms with Gasteiger partial charge in [0.1, 0.15) is 0 Å². The molecular formula is C12H26N2O. The van der Waals surface area contributed by atoms with E-state index in [9.17, 15) is 5.11 Å². The third kappa shape index (κ3) is 3.44. The largest absolute Gasteiger partial charge is 0.389 e. The van der Waals surface area contributed by atoms with Gasteiger partial charge in [-0.1, -0.05) is 6.42 Å². The molecule has 15 heavy (non-hydrogen) atoms. The second-order valence-electron chi connectivity index (χ2n) is 5.54. The molecule has 0 spiro atoms. The SMILES string of the molecule is CC1CCCC(C)N1NC(C)C(C)(C)O. The lowest BCUT2D eigenvalue weighted by Gasteiger charge is -2.43. The summed E-state index contributed by atoms with van der Waals surface area (Å²) < 4.78 is 0. The molecule has 3 atom stereocenters. The molecule has 0 aliphatic carbocycles. The third-order valence-corrected chi connectivity index (χ3v) is 3.60. The molecule has 0 bridgehead atoms. The zero-order valence-corrected chi connectivity index (χ0v) is 10.7. The first-order valence-corrected chi connectivity index (χ1v) is 6.09. The minimum Gasteiger partial charge on any atom is -0.389 e. The van der Waals surface area contributed by atoms with E-state index in [4.69, 9.17) is 0 Å². The molecule has 0 aromatic carbocycles. The van der Waals surface area contributed by atoms with E-state index < -0.39 is 5.60 Å². The van der Waals surface area contributed by atoms with E-state index >= 15 is 0 Å². The average molecular weight is 214 g/mol. The first kappa shape index (κ1) is 12.9. The van der Waals surface area contributed by atoms with Crippen molar-refractivity contribution in [1.82, 2.24) is 10.4 Å². The number of piperidine rings is 1. The lowest BCUT2D eigenvalue weighted by atomic mass is 9.98. The predicted molar refractivity (Wildman–Crippen MR) is 63.5 cm³/mol. The van der Waals surface area contributed by atoms with E-state index in [0.717, 1.165) is 0 Å². The molecule has 1 fully saturated rings. The van der Waals surface area contributed by atoms with E-state index in [2.05, 4.69) is 24.3 Å². The summed E-state index contributed by atoms with van der Waals surface area (Å²) in [5.41, 5.74) is 2.77. The molecule has 1 aliphatic rings. The number of rotatable bonds is 3. The van der Waals surface area contributed by atoms with Crippen LogP contribution in [0.2, 0.25) is 0 Å². The normalized spacial score (nSPS) is 31.6. The van der Waals surface area contributed by atoms with Crippen LogP contribution in [0.25, 0.3) is 0 Å². The van der Waals surface area contributed by atoms with Crippen molar-refractivity contribution in [3.05, 3.63) is 0 Å². The Labute approximate surface area is 93.8 Å². The van der Waals surface area contributed by atoms with Crippen LogP contribution in [-0.4, -0.2) is 33.8 Å². The summed E-state index contributed by atoms with van der Waals surface area (Å²) in [4.78, 5) is 0. The summed E-state index contributed by atoms with van der Waals surface area (Å²) in [6, 6.07) is 1.22. The number of nitrogens with one attached hydrogen (secondary N) is 1. The van der Waals surface area contributed by atoms with Gasteiger partial charge in [0.2, 0.25) is 0 Å². The smallest absolute Gasteiger partial charge is 0.0754 e. The van der Waals surface area contributed by atoms with Crippen molar-refractivity contribution in [3.63, 3.8) is 0 Å². The van der Waals surface area contributed by atoms with Crippen molar-refractivity contribution < 1.29 is 5.11 Å². The molecule has 1 heterocycles. The van der Waals surface area contributed by atoms with Crippen molar-refractivity contribution in [3.8, 4) is 0 Å². The Bertz CT molecular complexity index is 190. The second-order valence-corrected chi connectivity index (χ2v) is 5.54. The summed E-state index contributed by atoms with van der Waals surface area (Å²) in [5.74, 6) is 0. The van der Waals surface area contributed by atoms with Crippen molar-refractivity contribution >= 4 is 0 Å². The maximum absolute atomic E-state index is 9.90. The molecule has 90 valence electrons. The summed E-state index contributed by atoms with van der Waals surface area (Å²) in [6.07, 6.45) is 3.81. The van der Waals surface area contributed by atoms with Gasteiger partial charge >= 0.3 is 0 Å². The van der Waals surface area contributed by atoms with E-state index in [1.165, 1.54) is 19.3 Å². The Morgan fingerprint density at radius 3 is 2.13 bits per heavy atom. The average Bonchev–Trinajstić information content (AvgIpc) is 2.09. The lowest BCUT2D eigenvalue weighted by molar-refractivity contribution is -0.0309. The predicted octanol–water partition coefficient (Wildman–Crippen LogP) is 1.91. The van der Waals surface area contributed by atoms with Gasteiger partial charge in [0.05, 0.1) is 5.60 Å². The van der Waals surface area contributed by atoms with Crippen LogP contribution in [0.3, 0.4) is 0 Å². The summed E-state index contributed by atoms with van der Waals surface area (Å²) in [5, 5.41) is 12.2. The fourth-order valence-electron chi connectivity index (χ4n) is 2.06. The van der Waals surface area contributed by atoms with Crippen molar-refractivity contribution in [2.75, 3.05) is 0 Å². The van der Waals surface area contributed by atoms with Gasteiger partial charge in [0.15, 0.2) is 0 Å². The van der Waals surface area contributed by atoms with E-state index in [0.29, 0.717) is 12.1 Å².